The number of rotatable bonds is 10. The average Bonchev–Trinajstić information content (AvgIpc) is 3.19. The van der Waals surface area contributed by atoms with E-state index in [1.54, 1.807) is 19.2 Å². The lowest BCUT2D eigenvalue weighted by Crippen LogP contribution is -2.18. The maximum absolute atomic E-state index is 12.5. The van der Waals surface area contributed by atoms with Gasteiger partial charge in [0.05, 0.1) is 25.0 Å². The zero-order valence-electron chi connectivity index (χ0n) is 19.3. The van der Waals surface area contributed by atoms with Gasteiger partial charge in [0.25, 0.3) is 0 Å². The van der Waals surface area contributed by atoms with Gasteiger partial charge >= 0.3 is 0 Å². The molecule has 3 rings (SSSR count). The van der Waals surface area contributed by atoms with Crippen molar-refractivity contribution < 1.29 is 14.3 Å². The summed E-state index contributed by atoms with van der Waals surface area (Å²) >= 11 is 1.29. The molecule has 0 saturated carbocycles. The number of anilines is 2. The second kappa shape index (κ2) is 11.5. The molecule has 0 bridgehead atoms. The molecule has 0 aliphatic carbocycles. The highest BCUT2D eigenvalue weighted by molar-refractivity contribution is 7.99. The molecular formula is C24H29N5O3S. The Hall–Kier alpha value is -3.33. The van der Waals surface area contributed by atoms with Gasteiger partial charge < -0.3 is 19.9 Å². The number of carbonyl (C=O) groups excluding carboxylic acids is 2. The summed E-state index contributed by atoms with van der Waals surface area (Å²) in [5.41, 5.74) is 2.58. The van der Waals surface area contributed by atoms with Gasteiger partial charge in [-0.2, -0.15) is 0 Å². The number of aromatic nitrogens is 3. The summed E-state index contributed by atoms with van der Waals surface area (Å²) in [6.07, 6.45) is 0.0633. The second-order valence-electron chi connectivity index (χ2n) is 7.68. The number of amides is 2. The number of thioether (sulfide) groups is 1. The van der Waals surface area contributed by atoms with Gasteiger partial charge in [0.15, 0.2) is 5.16 Å². The summed E-state index contributed by atoms with van der Waals surface area (Å²) in [7, 11) is 1.55. The lowest BCUT2D eigenvalue weighted by atomic mass is 10.0. The number of ether oxygens (including phenoxy) is 1. The molecule has 2 amide bonds. The molecule has 1 heterocycles. The van der Waals surface area contributed by atoms with Gasteiger partial charge in [0.1, 0.15) is 11.6 Å². The first-order chi connectivity index (χ1) is 15.9. The predicted octanol–water partition coefficient (Wildman–Crippen LogP) is 4.34. The molecule has 0 aliphatic rings. The first-order valence-electron chi connectivity index (χ1n) is 10.8. The Kier molecular flexibility index (Phi) is 8.48. The molecule has 2 aromatic carbocycles. The smallest absolute Gasteiger partial charge is 0.234 e. The van der Waals surface area contributed by atoms with Crippen molar-refractivity contribution in [1.29, 1.82) is 0 Å². The highest BCUT2D eigenvalue weighted by Gasteiger charge is 2.17. The van der Waals surface area contributed by atoms with E-state index >= 15 is 0 Å². The number of methoxy groups -OCH3 is 1. The number of hydrogen-bond donors (Lipinski definition) is 2. The fraction of sp³-hybridized carbons (Fsp3) is 0.333. The normalized spacial score (nSPS) is 10.8. The largest absolute Gasteiger partial charge is 0.495 e. The van der Waals surface area contributed by atoms with Gasteiger partial charge in [-0.1, -0.05) is 49.9 Å². The van der Waals surface area contributed by atoms with Crippen molar-refractivity contribution >= 4 is 35.0 Å². The van der Waals surface area contributed by atoms with Crippen molar-refractivity contribution in [2.75, 3.05) is 23.5 Å². The maximum Gasteiger partial charge on any atom is 0.234 e. The van der Waals surface area contributed by atoms with Crippen LogP contribution in [0.4, 0.5) is 11.4 Å². The highest BCUT2D eigenvalue weighted by atomic mass is 32.2. The number of nitrogens with one attached hydrogen (secondary N) is 2. The zero-order chi connectivity index (χ0) is 23.8. The van der Waals surface area contributed by atoms with Crippen molar-refractivity contribution in [3.63, 3.8) is 0 Å². The van der Waals surface area contributed by atoms with Crippen molar-refractivity contribution in [2.24, 2.45) is 0 Å². The van der Waals surface area contributed by atoms with E-state index < -0.39 is 0 Å². The topological polar surface area (TPSA) is 98.1 Å². The van der Waals surface area contributed by atoms with Gasteiger partial charge in [0.2, 0.25) is 11.8 Å². The van der Waals surface area contributed by atoms with Gasteiger partial charge in [-0.3, -0.25) is 9.59 Å². The van der Waals surface area contributed by atoms with Crippen LogP contribution in [0.5, 0.6) is 5.75 Å². The number of nitrogens with zero attached hydrogens (tertiary/aromatic N) is 3. The monoisotopic (exact) mass is 467 g/mol. The number of benzene rings is 2. The second-order valence-corrected chi connectivity index (χ2v) is 8.62. The van der Waals surface area contributed by atoms with Crippen LogP contribution in [0.3, 0.4) is 0 Å². The van der Waals surface area contributed by atoms with Crippen LogP contribution in [0.15, 0.2) is 53.7 Å². The lowest BCUT2D eigenvalue weighted by Gasteiger charge is -2.11. The quantitative estimate of drug-likeness (QED) is 0.431. The van der Waals surface area contributed by atoms with Crippen LogP contribution in [-0.4, -0.2) is 39.4 Å². The Morgan fingerprint density at radius 3 is 2.42 bits per heavy atom. The molecule has 0 unspecified atom stereocenters. The number of hydrogen-bond acceptors (Lipinski definition) is 6. The van der Waals surface area contributed by atoms with Crippen LogP contribution in [-0.2, 0) is 22.6 Å². The summed E-state index contributed by atoms with van der Waals surface area (Å²) in [5.74, 6) is 1.41. The molecule has 0 saturated heterocycles. The van der Waals surface area contributed by atoms with Gasteiger partial charge in [-0.25, -0.2) is 0 Å². The van der Waals surface area contributed by atoms with Crippen LogP contribution in [0.2, 0.25) is 0 Å². The Morgan fingerprint density at radius 2 is 1.76 bits per heavy atom. The third-order valence-corrected chi connectivity index (χ3v) is 5.97. The molecule has 174 valence electrons. The van der Waals surface area contributed by atoms with E-state index in [-0.39, 0.29) is 24.0 Å². The van der Waals surface area contributed by atoms with Gasteiger partial charge in [-0.05, 0) is 42.7 Å². The molecule has 1 aromatic heterocycles. The van der Waals surface area contributed by atoms with Gasteiger partial charge in [-0.15, -0.1) is 10.2 Å². The minimum Gasteiger partial charge on any atom is -0.495 e. The molecule has 0 spiro atoms. The number of carbonyl (C=O) groups is 2. The summed E-state index contributed by atoms with van der Waals surface area (Å²) < 4.78 is 7.11. The molecule has 9 heteroatoms. The highest BCUT2D eigenvalue weighted by Crippen LogP contribution is 2.24. The predicted molar refractivity (Wildman–Crippen MR) is 131 cm³/mol. The minimum atomic E-state index is -0.222. The maximum atomic E-state index is 12.5. The van der Waals surface area contributed by atoms with E-state index in [4.69, 9.17) is 4.74 Å². The number of para-hydroxylation sites is 2. The fourth-order valence-corrected chi connectivity index (χ4v) is 4.06. The lowest BCUT2D eigenvalue weighted by molar-refractivity contribution is -0.116. The van der Waals surface area contributed by atoms with E-state index in [0.29, 0.717) is 34.9 Å². The molecule has 0 aliphatic heterocycles. The Labute approximate surface area is 198 Å². The minimum absolute atomic E-state index is 0.0633. The fourth-order valence-electron chi connectivity index (χ4n) is 3.24. The SMILES string of the molecule is CCn1c(CC(=O)Nc2ccccc2OC)nnc1SCC(=O)Nc1ccc(C(C)C)cc1. The van der Waals surface area contributed by atoms with E-state index in [9.17, 15) is 9.59 Å². The standard InChI is InChI=1S/C24H29N5O3S/c1-5-29-21(14-22(30)26-19-8-6-7-9-20(19)32-4)27-28-24(29)33-15-23(31)25-18-12-10-17(11-13-18)16(2)3/h6-13,16H,5,14-15H2,1-4H3,(H,25,31)(H,26,30). The van der Waals surface area contributed by atoms with Crippen molar-refractivity contribution in [3.05, 3.63) is 59.9 Å². The van der Waals surface area contributed by atoms with Crippen LogP contribution in [0.25, 0.3) is 0 Å². The summed E-state index contributed by atoms with van der Waals surface area (Å²) in [4.78, 5) is 24.9. The van der Waals surface area contributed by atoms with Crippen LogP contribution in [0.1, 0.15) is 38.1 Å². The van der Waals surface area contributed by atoms with E-state index in [2.05, 4.69) is 34.7 Å². The van der Waals surface area contributed by atoms with Crippen molar-refractivity contribution in [2.45, 2.75) is 44.8 Å². The zero-order valence-corrected chi connectivity index (χ0v) is 20.1. The Morgan fingerprint density at radius 1 is 1.03 bits per heavy atom. The van der Waals surface area contributed by atoms with Crippen LogP contribution in [0, 0.1) is 0 Å². The Balaban J connectivity index is 1.57. The van der Waals surface area contributed by atoms with E-state index in [1.807, 2.05) is 47.9 Å². The molecule has 3 aromatic rings. The molecule has 2 N–H and O–H groups in total. The van der Waals surface area contributed by atoms with E-state index in [0.717, 1.165) is 5.69 Å². The molecule has 0 atom stereocenters. The summed E-state index contributed by atoms with van der Waals surface area (Å²) in [5, 5.41) is 14.7. The van der Waals surface area contributed by atoms with Crippen molar-refractivity contribution in [3.8, 4) is 5.75 Å². The molecular weight excluding hydrogens is 438 g/mol. The third kappa shape index (κ3) is 6.58. The first-order valence-corrected chi connectivity index (χ1v) is 11.8. The average molecular weight is 468 g/mol. The first kappa shape index (κ1) is 24.3. The third-order valence-electron chi connectivity index (χ3n) is 5.00. The summed E-state index contributed by atoms with van der Waals surface area (Å²) in [6, 6.07) is 15.1. The molecule has 8 nitrogen and oxygen atoms in total. The van der Waals surface area contributed by atoms with Crippen LogP contribution >= 0.6 is 11.8 Å². The Bertz CT molecular complexity index is 1100. The van der Waals surface area contributed by atoms with Gasteiger partial charge in [0, 0.05) is 12.2 Å². The molecule has 0 radical (unpaired) electrons. The molecule has 33 heavy (non-hydrogen) atoms. The van der Waals surface area contributed by atoms with Crippen LogP contribution < -0.4 is 15.4 Å². The molecule has 0 fully saturated rings. The van der Waals surface area contributed by atoms with E-state index in [1.165, 1.54) is 17.3 Å². The van der Waals surface area contributed by atoms with Crippen molar-refractivity contribution in [1.82, 2.24) is 14.8 Å². The summed E-state index contributed by atoms with van der Waals surface area (Å²) in [6.45, 7) is 6.80.